The fraction of sp³-hybridized carbons (Fsp3) is 0.600. The molecule has 0 radical (unpaired) electrons. The Hall–Kier alpha value is -0.610. The molecule has 3 nitrogen and oxygen atoms in total. The van der Waals surface area contributed by atoms with Crippen LogP contribution in [0.3, 0.4) is 0 Å². The maximum Gasteiger partial charge on any atom is 0.126 e. The van der Waals surface area contributed by atoms with Crippen LogP contribution in [0, 0.1) is 0 Å². The van der Waals surface area contributed by atoms with E-state index in [0.717, 1.165) is 18.6 Å². The van der Waals surface area contributed by atoms with Crippen LogP contribution in [0.25, 0.3) is 0 Å². The molecule has 20 heavy (non-hydrogen) atoms. The van der Waals surface area contributed by atoms with Crippen molar-refractivity contribution in [3.8, 4) is 0 Å². The Morgan fingerprint density at radius 1 is 1.30 bits per heavy atom. The molecule has 0 bridgehead atoms. The van der Waals surface area contributed by atoms with Crippen LogP contribution >= 0.6 is 27.5 Å². The predicted molar refractivity (Wildman–Crippen MR) is 95.0 cm³/mol. The lowest BCUT2D eigenvalue weighted by atomic mass is 10.1. The summed E-state index contributed by atoms with van der Waals surface area (Å²) in [7, 11) is 3.59. The van der Waals surface area contributed by atoms with E-state index in [2.05, 4.69) is 39.5 Å². The SMILES string of the molecule is C=C(Br)/C=N\N(C)/C(Cl)=C\C(CCCCCCC)=NC. The maximum absolute atomic E-state index is 6.20. The van der Waals surface area contributed by atoms with Crippen LogP contribution < -0.4 is 0 Å². The van der Waals surface area contributed by atoms with E-state index >= 15 is 0 Å². The van der Waals surface area contributed by atoms with Gasteiger partial charge in [0.25, 0.3) is 0 Å². The predicted octanol–water partition coefficient (Wildman–Crippen LogP) is 5.32. The smallest absolute Gasteiger partial charge is 0.126 e. The number of nitrogens with zero attached hydrogens (tertiary/aromatic N) is 3. The highest BCUT2D eigenvalue weighted by molar-refractivity contribution is 9.12. The molecule has 0 heterocycles. The Balaban J connectivity index is 4.31. The first kappa shape index (κ1) is 19.4. The Bertz CT molecular complexity index is 375. The number of allylic oxidation sites excluding steroid dienone is 2. The van der Waals surface area contributed by atoms with E-state index in [-0.39, 0.29) is 0 Å². The molecule has 0 amide bonds. The molecule has 0 aliphatic rings. The molecule has 0 spiro atoms. The van der Waals surface area contributed by atoms with Crippen LogP contribution in [0.4, 0.5) is 0 Å². The van der Waals surface area contributed by atoms with Gasteiger partial charge in [-0.25, -0.2) is 0 Å². The summed E-state index contributed by atoms with van der Waals surface area (Å²) in [6, 6.07) is 0. The quantitative estimate of drug-likeness (QED) is 0.223. The molecule has 0 aromatic rings. The molecule has 0 saturated heterocycles. The van der Waals surface area contributed by atoms with Crippen LogP contribution in [0.5, 0.6) is 0 Å². The Morgan fingerprint density at radius 3 is 2.50 bits per heavy atom. The van der Waals surface area contributed by atoms with Crippen molar-refractivity contribution in [1.82, 2.24) is 5.01 Å². The molecule has 0 fully saturated rings. The van der Waals surface area contributed by atoms with Gasteiger partial charge in [-0.15, -0.1) is 0 Å². The van der Waals surface area contributed by atoms with Crippen molar-refractivity contribution in [1.29, 1.82) is 0 Å². The number of hydrogen-bond donors (Lipinski definition) is 0. The zero-order chi connectivity index (χ0) is 15.4. The van der Waals surface area contributed by atoms with Gasteiger partial charge in [-0.05, 0) is 34.8 Å². The number of halogens is 2. The highest BCUT2D eigenvalue weighted by Crippen LogP contribution is 2.12. The Labute approximate surface area is 136 Å². The zero-order valence-electron chi connectivity index (χ0n) is 12.7. The molecule has 114 valence electrons. The summed E-state index contributed by atoms with van der Waals surface area (Å²) in [4.78, 5) is 4.27. The minimum absolute atomic E-state index is 0.546. The van der Waals surface area contributed by atoms with Gasteiger partial charge in [-0.3, -0.25) is 10.0 Å². The molecule has 5 heteroatoms. The summed E-state index contributed by atoms with van der Waals surface area (Å²) in [5, 5.41) is 6.28. The van der Waals surface area contributed by atoms with E-state index in [4.69, 9.17) is 11.6 Å². The van der Waals surface area contributed by atoms with Crippen LogP contribution in [0.15, 0.2) is 32.4 Å². The summed E-state index contributed by atoms with van der Waals surface area (Å²) in [5.74, 6) is 0. The minimum Gasteiger partial charge on any atom is -0.293 e. The van der Waals surface area contributed by atoms with Gasteiger partial charge >= 0.3 is 0 Å². The number of hydrogen-bond acceptors (Lipinski definition) is 3. The monoisotopic (exact) mass is 361 g/mol. The third kappa shape index (κ3) is 10.2. The van der Waals surface area contributed by atoms with E-state index < -0.39 is 0 Å². The third-order valence-corrected chi connectivity index (χ3v) is 3.35. The first-order valence-corrected chi connectivity index (χ1v) is 8.13. The standard InChI is InChI=1S/C15H25BrClN3/c1-5-6-7-8-9-10-14(18-3)11-15(17)20(4)19-12-13(2)16/h11-12H,2,5-10H2,1,3-4H3/b15-11-,18-14?,19-12-. The topological polar surface area (TPSA) is 28.0 Å². The van der Waals surface area contributed by atoms with Crippen LogP contribution in [-0.4, -0.2) is 31.0 Å². The number of aliphatic imine (C=N–C) groups is 1. The number of hydrazone groups is 1. The average Bonchev–Trinajstić information content (AvgIpc) is 2.42. The highest BCUT2D eigenvalue weighted by atomic mass is 79.9. The second-order valence-electron chi connectivity index (χ2n) is 4.56. The van der Waals surface area contributed by atoms with E-state index in [1.165, 1.54) is 25.7 Å². The van der Waals surface area contributed by atoms with Gasteiger partial charge in [0, 0.05) is 24.3 Å². The second kappa shape index (κ2) is 12.2. The molecular weight excluding hydrogens is 338 g/mol. The van der Waals surface area contributed by atoms with Gasteiger partial charge in [-0.1, -0.05) is 50.8 Å². The lowest BCUT2D eigenvalue weighted by Crippen LogP contribution is -2.08. The van der Waals surface area contributed by atoms with E-state index in [1.54, 1.807) is 25.3 Å². The molecule has 0 N–H and O–H groups in total. The van der Waals surface area contributed by atoms with Gasteiger partial charge in [0.1, 0.15) is 5.16 Å². The summed E-state index contributed by atoms with van der Waals surface area (Å²) in [5.41, 5.74) is 1.01. The first-order chi connectivity index (χ1) is 9.51. The largest absolute Gasteiger partial charge is 0.293 e. The van der Waals surface area contributed by atoms with Gasteiger partial charge in [0.15, 0.2) is 0 Å². The fourth-order valence-corrected chi connectivity index (χ4v) is 1.85. The molecule has 0 rings (SSSR count). The molecule has 0 saturated carbocycles. The molecule has 0 unspecified atom stereocenters. The summed E-state index contributed by atoms with van der Waals surface area (Å²) in [6.45, 7) is 5.90. The van der Waals surface area contributed by atoms with Crippen molar-refractivity contribution in [3.05, 3.63) is 22.3 Å². The summed E-state index contributed by atoms with van der Waals surface area (Å²) < 4.78 is 0.703. The van der Waals surface area contributed by atoms with E-state index in [1.807, 2.05) is 6.08 Å². The molecule has 0 aromatic carbocycles. The highest BCUT2D eigenvalue weighted by Gasteiger charge is 2.02. The van der Waals surface area contributed by atoms with Crippen molar-refractivity contribution < 1.29 is 0 Å². The molecule has 0 aromatic heterocycles. The van der Waals surface area contributed by atoms with Crippen molar-refractivity contribution in [2.45, 2.75) is 45.4 Å². The van der Waals surface area contributed by atoms with Gasteiger partial charge in [-0.2, -0.15) is 5.10 Å². The fourth-order valence-electron chi connectivity index (χ4n) is 1.59. The first-order valence-electron chi connectivity index (χ1n) is 6.96. The number of unbranched alkanes of at least 4 members (excludes halogenated alkanes) is 4. The third-order valence-electron chi connectivity index (χ3n) is 2.79. The average molecular weight is 363 g/mol. The van der Waals surface area contributed by atoms with Crippen molar-refractivity contribution in [2.24, 2.45) is 10.1 Å². The Kier molecular flexibility index (Phi) is 11.8. The molecule has 0 atom stereocenters. The van der Waals surface area contributed by atoms with Crippen LogP contribution in [0.1, 0.15) is 45.4 Å². The minimum atomic E-state index is 0.546. The summed E-state index contributed by atoms with van der Waals surface area (Å²) >= 11 is 9.41. The lowest BCUT2D eigenvalue weighted by Gasteiger charge is -2.11. The maximum atomic E-state index is 6.20. The number of rotatable bonds is 10. The second-order valence-corrected chi connectivity index (χ2v) is 5.97. The van der Waals surface area contributed by atoms with Crippen LogP contribution in [0.2, 0.25) is 0 Å². The normalized spacial score (nSPS) is 13.1. The van der Waals surface area contributed by atoms with Crippen molar-refractivity contribution in [3.63, 3.8) is 0 Å². The van der Waals surface area contributed by atoms with Gasteiger partial charge in [0.05, 0.1) is 6.21 Å². The summed E-state index contributed by atoms with van der Waals surface area (Å²) in [6.07, 6.45) is 10.7. The van der Waals surface area contributed by atoms with Crippen molar-refractivity contribution >= 4 is 39.5 Å². The van der Waals surface area contributed by atoms with Crippen molar-refractivity contribution in [2.75, 3.05) is 14.1 Å². The van der Waals surface area contributed by atoms with Gasteiger partial charge in [0.2, 0.25) is 0 Å². The van der Waals surface area contributed by atoms with E-state index in [9.17, 15) is 0 Å². The Morgan fingerprint density at radius 2 is 1.95 bits per heavy atom. The molecule has 0 aliphatic heterocycles. The lowest BCUT2D eigenvalue weighted by molar-refractivity contribution is 0.479. The van der Waals surface area contributed by atoms with Gasteiger partial charge < -0.3 is 0 Å². The molecular formula is C15H25BrClN3. The van der Waals surface area contributed by atoms with E-state index in [0.29, 0.717) is 9.64 Å². The molecule has 0 aliphatic carbocycles. The van der Waals surface area contributed by atoms with Crippen LogP contribution in [-0.2, 0) is 0 Å². The zero-order valence-corrected chi connectivity index (χ0v) is 15.0.